The summed E-state index contributed by atoms with van der Waals surface area (Å²) in [6.07, 6.45) is -50.5. The molecule has 1 nitrogen and oxygen atoms in total. The zero-order valence-corrected chi connectivity index (χ0v) is 40.1. The number of aryl methyl sites for hydroxylation is 3. The van der Waals surface area contributed by atoms with Crippen molar-refractivity contribution in [2.45, 2.75) is 76.7 Å². The van der Waals surface area contributed by atoms with Crippen LogP contribution in [0.1, 0.15) is 66.8 Å². The lowest BCUT2D eigenvalue weighted by Gasteiger charge is -2.46. The molecule has 0 aliphatic heterocycles. The van der Waals surface area contributed by atoms with Crippen LogP contribution in [-0.4, -0.2) is 6.15 Å². The second kappa shape index (κ2) is 21.2. The molecule has 1 heterocycles. The molecule has 0 radical (unpaired) electrons. The summed E-state index contributed by atoms with van der Waals surface area (Å²) >= 11 is 0. The van der Waals surface area contributed by atoms with E-state index < -0.39 is 195 Å². The summed E-state index contributed by atoms with van der Waals surface area (Å²) in [6.45, 7) is 7.45. The van der Waals surface area contributed by atoms with Crippen molar-refractivity contribution < 1.29 is 110 Å². The molecule has 6 aromatic carbocycles. The zero-order chi connectivity index (χ0) is 59.4. The fourth-order valence-electron chi connectivity index (χ4n) is 9.23. The van der Waals surface area contributed by atoms with E-state index in [4.69, 9.17) is 0 Å². The Kier molecular flexibility index (Phi) is 16.4. The molecule has 422 valence electrons. The van der Waals surface area contributed by atoms with Crippen LogP contribution in [0, 0.1) is 20.8 Å². The summed E-state index contributed by atoms with van der Waals surface area (Å²) in [7, 11) is 0. The number of nitrogens with zero attached hydrogens (tertiary/aromatic N) is 1. The Balaban J connectivity index is 0.000000378. The molecule has 7 aromatic rings. The van der Waals surface area contributed by atoms with E-state index in [0.717, 1.165) is 6.54 Å². The maximum absolute atomic E-state index is 14.2. The highest BCUT2D eigenvalue weighted by Gasteiger charge is 2.47. The fraction of sp³-hybridized carbons (Fsp3) is 0.226. The van der Waals surface area contributed by atoms with Crippen molar-refractivity contribution >= 4 is 28.0 Å². The highest BCUT2D eigenvalue weighted by molar-refractivity contribution is 7.20. The number of halogens is 24. The molecule has 0 saturated heterocycles. The summed E-state index contributed by atoms with van der Waals surface area (Å²) in [6, 6.07) is 10.7. The third-order valence-electron chi connectivity index (χ3n) is 12.5. The van der Waals surface area contributed by atoms with Crippen molar-refractivity contribution in [3.05, 3.63) is 207 Å². The van der Waals surface area contributed by atoms with E-state index >= 15 is 0 Å². The third kappa shape index (κ3) is 14.0. The molecular formula is C53H34BF24N. The Labute approximate surface area is 431 Å². The number of rotatable bonds is 7. The molecule has 7 rings (SSSR count). The summed E-state index contributed by atoms with van der Waals surface area (Å²) < 4.78 is 343. The number of alkyl halides is 24. The van der Waals surface area contributed by atoms with Gasteiger partial charge in [-0.25, -0.2) is 4.57 Å². The lowest BCUT2D eigenvalue weighted by molar-refractivity contribution is -0.688. The van der Waals surface area contributed by atoms with Gasteiger partial charge in [-0.05, 0) is 67.3 Å². The Hall–Kier alpha value is -7.15. The Bertz CT molecular complexity index is 2860. The van der Waals surface area contributed by atoms with Crippen molar-refractivity contribution in [2.75, 3.05) is 0 Å². The van der Waals surface area contributed by atoms with Gasteiger partial charge in [-0.2, -0.15) is 127 Å². The van der Waals surface area contributed by atoms with E-state index in [0.29, 0.717) is 0 Å². The molecule has 0 fully saturated rings. The van der Waals surface area contributed by atoms with Gasteiger partial charge in [-0.3, -0.25) is 0 Å². The predicted molar refractivity (Wildman–Crippen MR) is 242 cm³/mol. The molecule has 0 aliphatic carbocycles. The Morgan fingerprint density at radius 1 is 0.316 bits per heavy atom. The molecule has 0 N–H and O–H groups in total. The molecular weight excluding hydrogens is 1120 g/mol. The van der Waals surface area contributed by atoms with E-state index in [-0.39, 0.29) is 0 Å². The van der Waals surface area contributed by atoms with Crippen molar-refractivity contribution in [2.24, 2.45) is 0 Å². The Morgan fingerprint density at radius 2 is 0.557 bits per heavy atom. The van der Waals surface area contributed by atoms with E-state index in [1.807, 2.05) is 0 Å². The quantitative estimate of drug-likeness (QED) is 0.0851. The fourth-order valence-corrected chi connectivity index (χ4v) is 9.23. The van der Waals surface area contributed by atoms with Crippen LogP contribution in [-0.2, 0) is 56.0 Å². The normalized spacial score (nSPS) is 13.3. The molecule has 0 aliphatic rings. The number of benzene rings is 6. The first-order chi connectivity index (χ1) is 35.9. The van der Waals surface area contributed by atoms with Crippen LogP contribution in [0.2, 0.25) is 0 Å². The molecule has 0 bridgehead atoms. The number of hydrogen-bond donors (Lipinski definition) is 0. The number of pyridine rings is 1. The first-order valence-electron chi connectivity index (χ1n) is 22.4. The molecule has 0 saturated carbocycles. The van der Waals surface area contributed by atoms with Gasteiger partial charge in [0.2, 0.25) is 0 Å². The second-order valence-electron chi connectivity index (χ2n) is 18.2. The van der Waals surface area contributed by atoms with Crippen LogP contribution in [0.5, 0.6) is 0 Å². The monoisotopic (exact) mass is 1150 g/mol. The van der Waals surface area contributed by atoms with Crippen LogP contribution in [0.4, 0.5) is 105 Å². The second-order valence-corrected chi connectivity index (χ2v) is 18.2. The third-order valence-corrected chi connectivity index (χ3v) is 12.5. The van der Waals surface area contributed by atoms with Crippen LogP contribution in [0.3, 0.4) is 0 Å². The van der Waals surface area contributed by atoms with Gasteiger partial charge < -0.3 is 0 Å². The lowest BCUT2D eigenvalue weighted by atomic mass is 9.12. The van der Waals surface area contributed by atoms with Gasteiger partial charge in [0.15, 0.2) is 18.9 Å². The van der Waals surface area contributed by atoms with Crippen LogP contribution in [0.15, 0.2) is 140 Å². The van der Waals surface area contributed by atoms with Gasteiger partial charge in [0.25, 0.3) is 0 Å². The van der Waals surface area contributed by atoms with Gasteiger partial charge in [0.1, 0.15) is 6.15 Å². The van der Waals surface area contributed by atoms with Crippen molar-refractivity contribution in [3.8, 4) is 11.1 Å². The molecule has 79 heavy (non-hydrogen) atoms. The highest BCUT2D eigenvalue weighted by atomic mass is 19.4. The van der Waals surface area contributed by atoms with Gasteiger partial charge in [-0.15, -0.1) is 0 Å². The zero-order valence-electron chi connectivity index (χ0n) is 40.1. The van der Waals surface area contributed by atoms with Gasteiger partial charge in [0, 0.05) is 17.7 Å². The van der Waals surface area contributed by atoms with E-state index in [9.17, 15) is 105 Å². The summed E-state index contributed by atoms with van der Waals surface area (Å²) in [5, 5.41) is 0. The van der Waals surface area contributed by atoms with E-state index in [2.05, 4.69) is 92.3 Å². The molecule has 26 heteroatoms. The van der Waals surface area contributed by atoms with Crippen molar-refractivity contribution in [1.29, 1.82) is 0 Å². The summed E-state index contributed by atoms with van der Waals surface area (Å²) in [4.78, 5) is 0. The standard InChI is InChI=1S/C32H12BF24.C21H22N/c34-25(35,36)13-1-14(26(37,38)39)6-21(5-13)33(22-7-15(27(40,41)42)2-16(8-22)28(43,44)45,23-9-17(29(46,47)48)3-18(10-23)30(49,50)51)24-11-19(31(52,53)54)4-20(12-24)32(55,56)57;1-16-13-17(2)21(18(3)14-16)20-9-11-22(12-10-20)15-19-7-5-4-6-8-19/h1-12H;4-14H,15H2,1-3H3/q-1;+1. The largest absolute Gasteiger partial charge is 0.416 e. The molecule has 0 atom stereocenters. The topological polar surface area (TPSA) is 3.88 Å². The average Bonchev–Trinajstić information content (AvgIpc) is 3.36. The highest BCUT2D eigenvalue weighted by Crippen LogP contribution is 2.42. The minimum Gasteiger partial charge on any atom is -0.201 e. The van der Waals surface area contributed by atoms with Gasteiger partial charge in [0.05, 0.1) is 44.5 Å². The first kappa shape index (κ1) is 61.1. The Morgan fingerprint density at radius 3 is 0.785 bits per heavy atom. The maximum atomic E-state index is 14.2. The summed E-state index contributed by atoms with van der Waals surface area (Å²) in [5.74, 6) is 0. The van der Waals surface area contributed by atoms with Crippen LogP contribution in [0.25, 0.3) is 11.1 Å². The number of hydrogen-bond acceptors (Lipinski definition) is 0. The van der Waals surface area contributed by atoms with E-state index in [1.165, 1.54) is 33.4 Å². The minimum absolute atomic E-state index is 0.691. The van der Waals surface area contributed by atoms with Crippen molar-refractivity contribution in [1.82, 2.24) is 0 Å². The number of aromatic nitrogens is 1. The summed E-state index contributed by atoms with van der Waals surface area (Å²) in [5.41, 5.74) is -22.2. The average molecular weight is 1150 g/mol. The van der Waals surface area contributed by atoms with E-state index in [1.54, 1.807) is 0 Å². The lowest BCUT2D eigenvalue weighted by Crippen LogP contribution is -2.75. The SMILES string of the molecule is Cc1cc(C)c(-c2cc[n+](Cc3ccccc3)cc2)c(C)c1.FC(F)(F)c1cc([B-](c2cc(C(F)(F)F)cc(C(F)(F)F)c2)(c2cc(C(F)(F)F)cc(C(F)(F)F)c2)c2cc(C(F)(F)F)cc(C(F)(F)F)c2)cc(C(F)(F)F)c1. The minimum atomic E-state index is -6.13. The molecule has 0 spiro atoms. The predicted octanol–water partition coefficient (Wildman–Crippen LogP) is 15.8. The molecule has 0 unspecified atom stereocenters. The molecule has 0 amide bonds. The van der Waals surface area contributed by atoms with Gasteiger partial charge in [-0.1, -0.05) is 96.6 Å². The first-order valence-corrected chi connectivity index (χ1v) is 22.4. The van der Waals surface area contributed by atoms with Crippen LogP contribution >= 0.6 is 0 Å². The van der Waals surface area contributed by atoms with Gasteiger partial charge >= 0.3 is 49.4 Å². The van der Waals surface area contributed by atoms with Crippen molar-refractivity contribution in [3.63, 3.8) is 0 Å². The smallest absolute Gasteiger partial charge is 0.201 e. The van der Waals surface area contributed by atoms with Crippen LogP contribution < -0.4 is 26.4 Å². The molecule has 1 aromatic heterocycles. The maximum Gasteiger partial charge on any atom is 0.416 e.